The van der Waals surface area contributed by atoms with Gasteiger partial charge in [-0.2, -0.15) is 4.31 Å². The number of halogens is 1. The highest BCUT2D eigenvalue weighted by Crippen LogP contribution is 2.25. The molecule has 1 atom stereocenters. The largest absolute Gasteiger partial charge is 0.379 e. The van der Waals surface area contributed by atoms with Crippen LogP contribution in [-0.2, 0) is 19.6 Å². The zero-order valence-corrected chi connectivity index (χ0v) is 16.1. The summed E-state index contributed by atoms with van der Waals surface area (Å²) in [6.07, 6.45) is 2.00. The van der Waals surface area contributed by atoms with Crippen LogP contribution in [0.3, 0.4) is 0 Å². The predicted molar refractivity (Wildman–Crippen MR) is 98.2 cm³/mol. The number of nitrogens with one attached hydrogen (secondary N) is 1. The number of benzene rings is 1. The van der Waals surface area contributed by atoms with E-state index in [1.54, 1.807) is 0 Å². The lowest BCUT2D eigenvalue weighted by molar-refractivity contribution is -0.125. The van der Waals surface area contributed by atoms with Crippen molar-refractivity contribution in [2.75, 3.05) is 45.9 Å². The second-order valence-corrected chi connectivity index (χ2v) is 8.72. The van der Waals surface area contributed by atoms with E-state index in [4.69, 9.17) is 4.74 Å². The van der Waals surface area contributed by atoms with Gasteiger partial charge in [0.15, 0.2) is 0 Å². The van der Waals surface area contributed by atoms with Gasteiger partial charge in [-0.1, -0.05) is 6.42 Å². The van der Waals surface area contributed by atoms with Crippen molar-refractivity contribution < 1.29 is 22.3 Å². The molecule has 0 bridgehead atoms. The Labute approximate surface area is 159 Å². The zero-order valence-electron chi connectivity index (χ0n) is 15.3. The maximum atomic E-state index is 13.1. The molecule has 150 valence electrons. The van der Waals surface area contributed by atoms with E-state index in [1.165, 1.54) is 16.4 Å². The summed E-state index contributed by atoms with van der Waals surface area (Å²) in [5.74, 6) is -0.765. The van der Waals surface area contributed by atoms with Gasteiger partial charge >= 0.3 is 0 Å². The van der Waals surface area contributed by atoms with Crippen LogP contribution in [-0.4, -0.2) is 75.5 Å². The van der Waals surface area contributed by atoms with Gasteiger partial charge in [0.2, 0.25) is 15.9 Å². The number of sulfonamides is 1. The Morgan fingerprint density at radius 1 is 1.15 bits per heavy atom. The number of carbonyl (C=O) groups is 1. The van der Waals surface area contributed by atoms with Gasteiger partial charge in [0.25, 0.3) is 0 Å². The molecule has 2 aliphatic heterocycles. The average molecular weight is 399 g/mol. The van der Waals surface area contributed by atoms with E-state index in [-0.39, 0.29) is 10.8 Å². The molecule has 0 aromatic heterocycles. The predicted octanol–water partition coefficient (Wildman–Crippen LogP) is 0.817. The number of amides is 1. The van der Waals surface area contributed by atoms with Crippen molar-refractivity contribution in [1.29, 1.82) is 0 Å². The third kappa shape index (κ3) is 5.04. The molecular weight excluding hydrogens is 373 g/mol. The third-order valence-electron chi connectivity index (χ3n) is 5.01. The van der Waals surface area contributed by atoms with E-state index < -0.39 is 21.9 Å². The van der Waals surface area contributed by atoms with Gasteiger partial charge < -0.3 is 10.1 Å². The highest BCUT2D eigenvalue weighted by Gasteiger charge is 2.37. The quantitative estimate of drug-likeness (QED) is 0.766. The average Bonchev–Trinajstić information content (AvgIpc) is 2.69. The van der Waals surface area contributed by atoms with Gasteiger partial charge in [0.1, 0.15) is 11.9 Å². The number of morpholine rings is 1. The zero-order chi connectivity index (χ0) is 19.3. The second kappa shape index (κ2) is 9.09. The summed E-state index contributed by atoms with van der Waals surface area (Å²) >= 11 is 0. The van der Waals surface area contributed by atoms with Crippen LogP contribution in [0.2, 0.25) is 0 Å². The number of ether oxygens (including phenoxy) is 1. The van der Waals surface area contributed by atoms with Crippen LogP contribution in [0.1, 0.15) is 19.3 Å². The minimum absolute atomic E-state index is 0.0110. The van der Waals surface area contributed by atoms with Crippen molar-refractivity contribution in [3.63, 3.8) is 0 Å². The lowest BCUT2D eigenvalue weighted by atomic mass is 10.0. The van der Waals surface area contributed by atoms with E-state index in [2.05, 4.69) is 10.2 Å². The van der Waals surface area contributed by atoms with Crippen LogP contribution < -0.4 is 5.32 Å². The molecule has 1 N–H and O–H groups in total. The van der Waals surface area contributed by atoms with Gasteiger partial charge in [-0.3, -0.25) is 9.69 Å². The molecule has 1 aromatic carbocycles. The molecule has 3 rings (SSSR count). The van der Waals surface area contributed by atoms with Gasteiger partial charge in [-0.25, -0.2) is 12.8 Å². The summed E-state index contributed by atoms with van der Waals surface area (Å²) in [5.41, 5.74) is 0. The first-order chi connectivity index (χ1) is 13.0. The first kappa shape index (κ1) is 20.2. The van der Waals surface area contributed by atoms with Crippen molar-refractivity contribution in [1.82, 2.24) is 14.5 Å². The number of hydrogen-bond acceptors (Lipinski definition) is 5. The summed E-state index contributed by atoms with van der Waals surface area (Å²) in [4.78, 5) is 14.9. The fourth-order valence-electron chi connectivity index (χ4n) is 3.48. The molecule has 9 heteroatoms. The maximum Gasteiger partial charge on any atom is 0.243 e. The summed E-state index contributed by atoms with van der Waals surface area (Å²) in [6, 6.07) is 4.00. The number of nitrogens with zero attached hydrogens (tertiary/aromatic N) is 2. The lowest BCUT2D eigenvalue weighted by Gasteiger charge is -2.34. The molecule has 0 saturated carbocycles. The summed E-state index contributed by atoms with van der Waals surface area (Å²) in [7, 11) is -3.84. The summed E-state index contributed by atoms with van der Waals surface area (Å²) in [5, 5.41) is 2.87. The highest BCUT2D eigenvalue weighted by atomic mass is 32.2. The van der Waals surface area contributed by atoms with Crippen LogP contribution in [0.5, 0.6) is 0 Å². The topological polar surface area (TPSA) is 79.0 Å². The first-order valence-electron chi connectivity index (χ1n) is 9.34. The molecule has 0 aliphatic carbocycles. The van der Waals surface area contributed by atoms with Crippen LogP contribution in [0, 0.1) is 5.82 Å². The van der Waals surface area contributed by atoms with Gasteiger partial charge in [0.05, 0.1) is 18.1 Å². The molecule has 2 saturated heterocycles. The van der Waals surface area contributed by atoms with E-state index in [0.717, 1.165) is 31.6 Å². The van der Waals surface area contributed by atoms with Gasteiger partial charge in [0, 0.05) is 32.7 Å². The molecule has 2 heterocycles. The maximum absolute atomic E-state index is 13.1. The van der Waals surface area contributed by atoms with Crippen LogP contribution >= 0.6 is 0 Å². The fourth-order valence-corrected chi connectivity index (χ4v) is 5.13. The van der Waals surface area contributed by atoms with Crippen molar-refractivity contribution in [3.8, 4) is 0 Å². The monoisotopic (exact) mass is 399 g/mol. The SMILES string of the molecule is O=C(NCCN1CCOCC1)C1CCCCN1S(=O)(=O)c1ccc(F)cc1. The molecule has 27 heavy (non-hydrogen) atoms. The molecule has 2 fully saturated rings. The molecule has 0 spiro atoms. The minimum atomic E-state index is -3.84. The van der Waals surface area contributed by atoms with E-state index in [1.807, 2.05) is 0 Å². The van der Waals surface area contributed by atoms with E-state index in [0.29, 0.717) is 45.7 Å². The van der Waals surface area contributed by atoms with Gasteiger partial charge in [-0.15, -0.1) is 0 Å². The summed E-state index contributed by atoms with van der Waals surface area (Å²) < 4.78 is 45.6. The Morgan fingerprint density at radius 3 is 2.56 bits per heavy atom. The minimum Gasteiger partial charge on any atom is -0.379 e. The van der Waals surface area contributed by atoms with E-state index >= 15 is 0 Å². The third-order valence-corrected chi connectivity index (χ3v) is 6.93. The number of carbonyl (C=O) groups excluding carboxylic acids is 1. The number of hydrogen-bond donors (Lipinski definition) is 1. The number of piperidine rings is 1. The molecule has 1 aromatic rings. The standard InChI is InChI=1S/C18H26FN3O4S/c19-15-4-6-16(7-5-15)27(24,25)22-9-2-1-3-17(22)18(23)20-8-10-21-11-13-26-14-12-21/h4-7,17H,1-3,8-14H2,(H,20,23). The van der Waals surface area contributed by atoms with Crippen LogP contribution in [0.25, 0.3) is 0 Å². The molecule has 1 unspecified atom stereocenters. The van der Waals surface area contributed by atoms with Crippen molar-refractivity contribution in [2.45, 2.75) is 30.2 Å². The molecular formula is C18H26FN3O4S. The number of rotatable bonds is 6. The molecule has 7 nitrogen and oxygen atoms in total. The lowest BCUT2D eigenvalue weighted by Crippen LogP contribution is -2.52. The Bertz CT molecular complexity index is 735. The Balaban J connectivity index is 1.63. The molecule has 1 amide bonds. The highest BCUT2D eigenvalue weighted by molar-refractivity contribution is 7.89. The normalized spacial score (nSPS) is 22.5. The Kier molecular flexibility index (Phi) is 6.80. The molecule has 2 aliphatic rings. The van der Waals surface area contributed by atoms with Crippen molar-refractivity contribution in [3.05, 3.63) is 30.1 Å². The van der Waals surface area contributed by atoms with Gasteiger partial charge in [-0.05, 0) is 37.1 Å². The Morgan fingerprint density at radius 2 is 1.85 bits per heavy atom. The van der Waals surface area contributed by atoms with E-state index in [9.17, 15) is 17.6 Å². The Hall–Kier alpha value is -1.55. The smallest absolute Gasteiger partial charge is 0.243 e. The van der Waals surface area contributed by atoms with Crippen LogP contribution in [0.4, 0.5) is 4.39 Å². The fraction of sp³-hybridized carbons (Fsp3) is 0.611. The second-order valence-electron chi connectivity index (χ2n) is 6.83. The molecule has 0 radical (unpaired) electrons. The van der Waals surface area contributed by atoms with Crippen molar-refractivity contribution in [2.24, 2.45) is 0 Å². The first-order valence-corrected chi connectivity index (χ1v) is 10.8. The van der Waals surface area contributed by atoms with Crippen molar-refractivity contribution >= 4 is 15.9 Å². The summed E-state index contributed by atoms with van der Waals surface area (Å²) in [6.45, 7) is 4.54. The van der Waals surface area contributed by atoms with Crippen LogP contribution in [0.15, 0.2) is 29.2 Å².